The Morgan fingerprint density at radius 3 is 2.44 bits per heavy atom. The van der Waals surface area contributed by atoms with Gasteiger partial charge in [-0.2, -0.15) is 4.98 Å². The van der Waals surface area contributed by atoms with E-state index in [0.29, 0.717) is 18.3 Å². The molecule has 0 spiro atoms. The Morgan fingerprint density at radius 2 is 1.84 bits per heavy atom. The van der Waals surface area contributed by atoms with Gasteiger partial charge in [-0.05, 0) is 46.8 Å². The minimum atomic E-state index is -0.810. The lowest BCUT2D eigenvalue weighted by atomic mass is 10.1. The first kappa shape index (κ1) is 18.8. The molecule has 0 saturated heterocycles. The molecule has 0 atom stereocenters. The summed E-state index contributed by atoms with van der Waals surface area (Å²) in [6.07, 6.45) is -0.523. The van der Waals surface area contributed by atoms with Crippen molar-refractivity contribution >= 4 is 11.8 Å². The topological polar surface area (TPSA) is 80.5 Å². The molecule has 1 aromatic carbocycles. The maximum Gasteiger partial charge on any atom is 0.408 e. The molecule has 1 N–H and O–H groups in total. The Bertz CT molecular complexity index is 705. The maximum absolute atomic E-state index is 12.0. The summed E-state index contributed by atoms with van der Waals surface area (Å²) in [5.41, 5.74) is -0.329. The van der Waals surface area contributed by atoms with Crippen molar-refractivity contribution in [2.24, 2.45) is 0 Å². The Balaban J connectivity index is 2.03. The Morgan fingerprint density at radius 1 is 1.20 bits per heavy atom. The van der Waals surface area contributed by atoms with Crippen molar-refractivity contribution in [3.63, 3.8) is 0 Å². The highest BCUT2D eigenvalue weighted by Gasteiger charge is 2.31. The number of aromatic nitrogens is 2. The summed E-state index contributed by atoms with van der Waals surface area (Å²) in [6, 6.07) is 9.92. The van der Waals surface area contributed by atoms with Crippen molar-refractivity contribution in [3.05, 3.63) is 42.0 Å². The molecule has 7 nitrogen and oxygen atoms in total. The van der Waals surface area contributed by atoms with Crippen molar-refractivity contribution in [3.8, 4) is 0 Å². The van der Waals surface area contributed by atoms with E-state index in [9.17, 15) is 4.79 Å². The van der Waals surface area contributed by atoms with Crippen LogP contribution in [-0.4, -0.2) is 28.9 Å². The molecule has 2 rings (SSSR count). The van der Waals surface area contributed by atoms with Gasteiger partial charge >= 0.3 is 6.09 Å². The molecule has 2 aromatic rings. The van der Waals surface area contributed by atoms with E-state index in [1.807, 2.05) is 63.1 Å². The predicted molar refractivity (Wildman–Crippen MR) is 95.2 cm³/mol. The minimum Gasteiger partial charge on any atom is -0.444 e. The van der Waals surface area contributed by atoms with E-state index in [2.05, 4.69) is 15.5 Å². The first-order valence-corrected chi connectivity index (χ1v) is 8.17. The van der Waals surface area contributed by atoms with E-state index < -0.39 is 17.2 Å². The van der Waals surface area contributed by atoms with Gasteiger partial charge in [-0.3, -0.25) is 0 Å². The molecular weight excluding hydrogens is 320 g/mol. The van der Waals surface area contributed by atoms with Gasteiger partial charge in [0.1, 0.15) is 11.1 Å². The van der Waals surface area contributed by atoms with Gasteiger partial charge in [-0.25, -0.2) is 4.79 Å². The van der Waals surface area contributed by atoms with E-state index >= 15 is 0 Å². The zero-order valence-corrected chi connectivity index (χ0v) is 15.7. The number of benzene rings is 1. The second-order valence-corrected chi connectivity index (χ2v) is 7.46. The number of nitrogens with one attached hydrogen (secondary N) is 1. The molecule has 0 aliphatic heterocycles. The fraction of sp³-hybridized carbons (Fsp3) is 0.500. The number of ether oxygens (including phenoxy) is 1. The molecular formula is C18H26N4O3. The number of hydrogen-bond acceptors (Lipinski definition) is 6. The van der Waals surface area contributed by atoms with Crippen LogP contribution in [0.1, 0.15) is 46.3 Å². The van der Waals surface area contributed by atoms with Crippen LogP contribution < -0.4 is 10.2 Å². The quantitative estimate of drug-likeness (QED) is 0.893. The van der Waals surface area contributed by atoms with E-state index in [-0.39, 0.29) is 0 Å². The van der Waals surface area contributed by atoms with Crippen LogP contribution in [0.2, 0.25) is 0 Å². The summed E-state index contributed by atoms with van der Waals surface area (Å²) in [6.45, 7) is 9.50. The third kappa shape index (κ3) is 5.48. The molecule has 7 heteroatoms. The number of alkyl carbamates (subject to hydrolysis) is 1. The van der Waals surface area contributed by atoms with Crippen molar-refractivity contribution in [2.45, 2.75) is 52.3 Å². The third-order valence-corrected chi connectivity index (χ3v) is 3.41. The monoisotopic (exact) mass is 346 g/mol. The molecule has 0 saturated carbocycles. The second kappa shape index (κ2) is 7.13. The summed E-state index contributed by atoms with van der Waals surface area (Å²) in [4.78, 5) is 18.4. The molecule has 0 unspecified atom stereocenters. The highest BCUT2D eigenvalue weighted by molar-refractivity contribution is 5.68. The van der Waals surface area contributed by atoms with Gasteiger partial charge in [0.25, 0.3) is 0 Å². The minimum absolute atomic E-state index is 0.398. The molecule has 0 aliphatic rings. The standard InChI is InChI=1S/C18H26N4O3/c1-17(2,3)24-16(23)20-18(4,5)15-19-14(25-21-15)12-22(6)13-10-8-7-9-11-13/h7-11H,12H2,1-6H3,(H,20,23). The normalized spacial score (nSPS) is 11.9. The smallest absolute Gasteiger partial charge is 0.408 e. The average molecular weight is 346 g/mol. The van der Waals surface area contributed by atoms with Crippen LogP contribution in [0.5, 0.6) is 0 Å². The number of rotatable bonds is 5. The van der Waals surface area contributed by atoms with Crippen molar-refractivity contribution in [1.29, 1.82) is 0 Å². The number of hydrogen-bond donors (Lipinski definition) is 1. The van der Waals surface area contributed by atoms with Crippen molar-refractivity contribution < 1.29 is 14.1 Å². The highest BCUT2D eigenvalue weighted by atomic mass is 16.6. The molecule has 1 aromatic heterocycles. The second-order valence-electron chi connectivity index (χ2n) is 7.46. The first-order chi connectivity index (χ1) is 11.6. The third-order valence-electron chi connectivity index (χ3n) is 3.41. The van der Waals surface area contributed by atoms with Gasteiger partial charge in [0.05, 0.1) is 6.54 Å². The number of amides is 1. The molecule has 25 heavy (non-hydrogen) atoms. The van der Waals surface area contributed by atoms with Crippen LogP contribution in [0.25, 0.3) is 0 Å². The largest absolute Gasteiger partial charge is 0.444 e. The molecule has 0 bridgehead atoms. The summed E-state index contributed by atoms with van der Waals surface area (Å²) >= 11 is 0. The van der Waals surface area contributed by atoms with E-state index in [1.54, 1.807) is 13.8 Å². The summed E-state index contributed by atoms with van der Waals surface area (Å²) < 4.78 is 10.6. The molecule has 136 valence electrons. The van der Waals surface area contributed by atoms with Gasteiger partial charge in [0, 0.05) is 12.7 Å². The van der Waals surface area contributed by atoms with Gasteiger partial charge in [0.2, 0.25) is 5.89 Å². The fourth-order valence-electron chi connectivity index (χ4n) is 2.16. The Kier molecular flexibility index (Phi) is 5.35. The van der Waals surface area contributed by atoms with Crippen LogP contribution in [0.3, 0.4) is 0 Å². The molecule has 0 fully saturated rings. The lowest BCUT2D eigenvalue weighted by Crippen LogP contribution is -2.44. The van der Waals surface area contributed by atoms with Crippen molar-refractivity contribution in [2.75, 3.05) is 11.9 Å². The van der Waals surface area contributed by atoms with E-state index in [1.165, 1.54) is 0 Å². The van der Waals surface area contributed by atoms with Crippen LogP contribution in [0, 0.1) is 0 Å². The molecule has 0 radical (unpaired) electrons. The average Bonchev–Trinajstić information content (AvgIpc) is 2.95. The van der Waals surface area contributed by atoms with Crippen molar-refractivity contribution in [1.82, 2.24) is 15.5 Å². The summed E-state index contributed by atoms with van der Waals surface area (Å²) in [5.74, 6) is 0.871. The first-order valence-electron chi connectivity index (χ1n) is 8.17. The number of anilines is 1. The van der Waals surface area contributed by atoms with Gasteiger partial charge < -0.3 is 19.5 Å². The van der Waals surface area contributed by atoms with Crippen LogP contribution in [0.4, 0.5) is 10.5 Å². The number of nitrogens with zero attached hydrogens (tertiary/aromatic N) is 3. The Labute approximate surface area is 148 Å². The highest BCUT2D eigenvalue weighted by Crippen LogP contribution is 2.20. The van der Waals surface area contributed by atoms with E-state index in [4.69, 9.17) is 9.26 Å². The van der Waals surface area contributed by atoms with E-state index in [0.717, 1.165) is 5.69 Å². The SMILES string of the molecule is CN(Cc1nc(C(C)(C)NC(=O)OC(C)(C)C)no1)c1ccccc1. The van der Waals surface area contributed by atoms with Crippen LogP contribution in [0.15, 0.2) is 34.9 Å². The van der Waals surface area contributed by atoms with Gasteiger partial charge in [0.15, 0.2) is 5.82 Å². The predicted octanol–water partition coefficient (Wildman–Crippen LogP) is 3.47. The summed E-state index contributed by atoms with van der Waals surface area (Å²) in [7, 11) is 1.95. The zero-order valence-electron chi connectivity index (χ0n) is 15.7. The Hall–Kier alpha value is -2.57. The van der Waals surface area contributed by atoms with Crippen LogP contribution in [-0.2, 0) is 16.8 Å². The summed E-state index contributed by atoms with van der Waals surface area (Å²) in [5, 5.41) is 6.77. The lowest BCUT2D eigenvalue weighted by Gasteiger charge is -2.26. The van der Waals surface area contributed by atoms with Gasteiger partial charge in [-0.15, -0.1) is 0 Å². The number of para-hydroxylation sites is 1. The fourth-order valence-corrected chi connectivity index (χ4v) is 2.16. The molecule has 1 heterocycles. The maximum atomic E-state index is 12.0. The lowest BCUT2D eigenvalue weighted by molar-refractivity contribution is 0.0465. The number of carbonyl (C=O) groups is 1. The van der Waals surface area contributed by atoms with Gasteiger partial charge in [-0.1, -0.05) is 23.4 Å². The van der Waals surface area contributed by atoms with Crippen LogP contribution >= 0.6 is 0 Å². The zero-order chi connectivity index (χ0) is 18.7. The number of carbonyl (C=O) groups excluding carboxylic acids is 1. The molecule has 0 aliphatic carbocycles. The molecule has 1 amide bonds.